The fourth-order valence-corrected chi connectivity index (χ4v) is 3.28. The SMILES string of the molecule is N#Cc1cncc(C(=O)N[C@H]2CCCn3nc(-c4ccnc(C(F)(F)F)c4)cc32)n1. The molecule has 0 saturated carbocycles. The van der Waals surface area contributed by atoms with Gasteiger partial charge >= 0.3 is 6.18 Å². The van der Waals surface area contributed by atoms with Crippen molar-refractivity contribution >= 4 is 5.91 Å². The molecular weight excluding hydrogens is 399 g/mol. The summed E-state index contributed by atoms with van der Waals surface area (Å²) in [6, 6.07) is 5.50. The quantitative estimate of drug-likeness (QED) is 0.707. The van der Waals surface area contributed by atoms with Gasteiger partial charge in [0.2, 0.25) is 0 Å². The second kappa shape index (κ2) is 7.55. The van der Waals surface area contributed by atoms with Gasteiger partial charge in [-0.1, -0.05) is 0 Å². The van der Waals surface area contributed by atoms with Crippen molar-refractivity contribution in [1.29, 1.82) is 5.26 Å². The Morgan fingerprint density at radius 1 is 1.30 bits per heavy atom. The van der Waals surface area contributed by atoms with E-state index in [1.165, 1.54) is 18.5 Å². The van der Waals surface area contributed by atoms with Gasteiger partial charge in [0.05, 0.1) is 29.8 Å². The lowest BCUT2D eigenvalue weighted by atomic mass is 10.0. The summed E-state index contributed by atoms with van der Waals surface area (Å²) in [6.45, 7) is 0.586. The Bertz CT molecular complexity index is 1150. The minimum absolute atomic E-state index is 0.00913. The summed E-state index contributed by atoms with van der Waals surface area (Å²) >= 11 is 0. The van der Waals surface area contributed by atoms with E-state index in [1.54, 1.807) is 10.7 Å². The number of pyridine rings is 1. The summed E-state index contributed by atoms with van der Waals surface area (Å²) in [5.41, 5.74) is 0.375. The molecular formula is C19H14F3N7O. The lowest BCUT2D eigenvalue weighted by molar-refractivity contribution is -0.141. The predicted molar refractivity (Wildman–Crippen MR) is 96.6 cm³/mol. The van der Waals surface area contributed by atoms with E-state index < -0.39 is 23.8 Å². The van der Waals surface area contributed by atoms with Crippen molar-refractivity contribution in [2.45, 2.75) is 31.6 Å². The van der Waals surface area contributed by atoms with E-state index in [9.17, 15) is 18.0 Å². The smallest absolute Gasteiger partial charge is 0.342 e. The molecule has 4 heterocycles. The first-order valence-corrected chi connectivity index (χ1v) is 8.99. The Morgan fingerprint density at radius 3 is 2.90 bits per heavy atom. The summed E-state index contributed by atoms with van der Waals surface area (Å²) < 4.78 is 40.6. The number of nitriles is 1. The summed E-state index contributed by atoms with van der Waals surface area (Å²) in [4.78, 5) is 23.7. The van der Waals surface area contributed by atoms with E-state index in [0.717, 1.165) is 18.7 Å². The van der Waals surface area contributed by atoms with E-state index in [0.29, 0.717) is 24.4 Å². The molecule has 30 heavy (non-hydrogen) atoms. The molecule has 1 aliphatic rings. The molecule has 0 fully saturated rings. The van der Waals surface area contributed by atoms with Crippen LogP contribution in [0.3, 0.4) is 0 Å². The highest BCUT2D eigenvalue weighted by atomic mass is 19.4. The van der Waals surface area contributed by atoms with Gasteiger partial charge in [0.15, 0.2) is 5.69 Å². The zero-order chi connectivity index (χ0) is 21.3. The van der Waals surface area contributed by atoms with Crippen molar-refractivity contribution in [1.82, 2.24) is 30.0 Å². The standard InChI is InChI=1S/C19H14F3N7O/c20-19(21,22)17-6-11(3-4-25-17)14-7-16-13(2-1-5-29(16)28-14)27-18(30)15-10-24-9-12(8-23)26-15/h3-4,6-7,9-10,13H,1-2,5H2,(H,27,30)/t13-/m0/s1. The summed E-state index contributed by atoms with van der Waals surface area (Å²) in [5.74, 6) is -0.496. The molecule has 1 N–H and O–H groups in total. The van der Waals surface area contributed by atoms with Gasteiger partial charge in [-0.25, -0.2) is 4.98 Å². The van der Waals surface area contributed by atoms with Gasteiger partial charge in [-0.05, 0) is 31.0 Å². The van der Waals surface area contributed by atoms with Gasteiger partial charge in [0.25, 0.3) is 5.91 Å². The molecule has 0 spiro atoms. The number of carbonyl (C=O) groups is 1. The maximum Gasteiger partial charge on any atom is 0.433 e. The number of aromatic nitrogens is 5. The molecule has 152 valence electrons. The molecule has 1 atom stereocenters. The molecule has 3 aromatic rings. The van der Waals surface area contributed by atoms with Crippen LogP contribution in [0.1, 0.15) is 46.5 Å². The Balaban J connectivity index is 1.60. The lowest BCUT2D eigenvalue weighted by Crippen LogP contribution is -2.33. The van der Waals surface area contributed by atoms with Crippen LogP contribution in [0.2, 0.25) is 0 Å². The maximum atomic E-state index is 13.0. The van der Waals surface area contributed by atoms with Crippen LogP contribution in [0.15, 0.2) is 36.8 Å². The normalized spacial score (nSPS) is 15.9. The van der Waals surface area contributed by atoms with Crippen molar-refractivity contribution in [2.75, 3.05) is 0 Å². The number of alkyl halides is 3. The van der Waals surface area contributed by atoms with Crippen molar-refractivity contribution in [3.63, 3.8) is 0 Å². The second-order valence-corrected chi connectivity index (χ2v) is 6.67. The number of nitrogens with one attached hydrogen (secondary N) is 1. The number of halogens is 3. The van der Waals surface area contributed by atoms with Gasteiger partial charge < -0.3 is 5.32 Å². The van der Waals surface area contributed by atoms with E-state index in [-0.39, 0.29) is 17.0 Å². The van der Waals surface area contributed by atoms with E-state index in [2.05, 4.69) is 25.4 Å². The van der Waals surface area contributed by atoms with Crippen molar-refractivity contribution in [2.24, 2.45) is 0 Å². The third-order valence-corrected chi connectivity index (χ3v) is 4.66. The summed E-state index contributed by atoms with van der Waals surface area (Å²) in [6.07, 6.45) is 0.418. The maximum absolute atomic E-state index is 13.0. The summed E-state index contributed by atoms with van der Waals surface area (Å²) in [7, 11) is 0. The Labute approximate surface area is 168 Å². The number of amides is 1. The molecule has 1 aliphatic heterocycles. The predicted octanol–water partition coefficient (Wildman–Crippen LogP) is 2.89. The molecule has 3 aromatic heterocycles. The number of aryl methyl sites for hydroxylation is 1. The molecule has 0 aliphatic carbocycles. The zero-order valence-corrected chi connectivity index (χ0v) is 15.4. The van der Waals surface area contributed by atoms with Gasteiger partial charge in [0, 0.05) is 18.3 Å². The zero-order valence-electron chi connectivity index (χ0n) is 15.4. The minimum Gasteiger partial charge on any atom is -0.342 e. The van der Waals surface area contributed by atoms with Gasteiger partial charge in [0.1, 0.15) is 17.5 Å². The molecule has 0 unspecified atom stereocenters. The average molecular weight is 413 g/mol. The van der Waals surface area contributed by atoms with E-state index in [4.69, 9.17) is 5.26 Å². The van der Waals surface area contributed by atoms with Crippen LogP contribution in [0.5, 0.6) is 0 Å². The molecule has 4 rings (SSSR count). The first kappa shape index (κ1) is 19.5. The highest BCUT2D eigenvalue weighted by Crippen LogP contribution is 2.32. The second-order valence-electron chi connectivity index (χ2n) is 6.67. The summed E-state index contributed by atoms with van der Waals surface area (Å²) in [5, 5.41) is 16.1. The highest BCUT2D eigenvalue weighted by molar-refractivity contribution is 5.92. The molecule has 8 nitrogen and oxygen atoms in total. The van der Waals surface area contributed by atoms with Crippen molar-refractivity contribution in [3.05, 3.63) is 59.6 Å². The van der Waals surface area contributed by atoms with Gasteiger partial charge in [-0.15, -0.1) is 0 Å². The average Bonchev–Trinajstić information content (AvgIpc) is 3.19. The van der Waals surface area contributed by atoms with Crippen LogP contribution in [0.25, 0.3) is 11.3 Å². The van der Waals surface area contributed by atoms with Crippen LogP contribution in [0.4, 0.5) is 13.2 Å². The molecule has 0 bridgehead atoms. The van der Waals surface area contributed by atoms with Crippen LogP contribution in [-0.4, -0.2) is 30.6 Å². The first-order valence-electron chi connectivity index (χ1n) is 8.99. The van der Waals surface area contributed by atoms with E-state index in [1.807, 2.05) is 6.07 Å². The van der Waals surface area contributed by atoms with Crippen LogP contribution >= 0.6 is 0 Å². The number of carbonyl (C=O) groups excluding carboxylic acids is 1. The van der Waals surface area contributed by atoms with Crippen molar-refractivity contribution < 1.29 is 18.0 Å². The Kier molecular flexibility index (Phi) is 4.91. The lowest BCUT2D eigenvalue weighted by Gasteiger charge is -2.24. The number of hydrogen-bond acceptors (Lipinski definition) is 6. The topological polar surface area (TPSA) is 109 Å². The Hall–Kier alpha value is -3.81. The number of fused-ring (bicyclic) bond motifs is 1. The monoisotopic (exact) mass is 413 g/mol. The van der Waals surface area contributed by atoms with Crippen LogP contribution in [0, 0.1) is 11.3 Å². The first-order chi connectivity index (χ1) is 14.3. The van der Waals surface area contributed by atoms with Gasteiger partial charge in [-0.3, -0.25) is 19.4 Å². The number of nitrogens with zero attached hydrogens (tertiary/aromatic N) is 6. The number of rotatable bonds is 3. The molecule has 0 aromatic carbocycles. The third kappa shape index (κ3) is 3.84. The van der Waals surface area contributed by atoms with Crippen molar-refractivity contribution in [3.8, 4) is 17.3 Å². The van der Waals surface area contributed by atoms with Gasteiger partial charge in [-0.2, -0.15) is 23.5 Å². The molecule has 0 saturated heterocycles. The molecule has 1 amide bonds. The van der Waals surface area contributed by atoms with Crippen LogP contribution in [-0.2, 0) is 12.7 Å². The Morgan fingerprint density at radius 2 is 2.13 bits per heavy atom. The van der Waals surface area contributed by atoms with E-state index >= 15 is 0 Å². The largest absolute Gasteiger partial charge is 0.433 e. The fourth-order valence-electron chi connectivity index (χ4n) is 3.28. The highest BCUT2D eigenvalue weighted by Gasteiger charge is 2.33. The minimum atomic E-state index is -4.55. The fraction of sp³-hybridized carbons (Fsp3) is 0.263. The number of hydrogen-bond donors (Lipinski definition) is 1. The van der Waals surface area contributed by atoms with Crippen LogP contribution < -0.4 is 5.32 Å². The third-order valence-electron chi connectivity index (χ3n) is 4.66. The molecule has 11 heteroatoms. The molecule has 0 radical (unpaired) electrons.